The third-order valence-electron chi connectivity index (χ3n) is 2.38. The first-order chi connectivity index (χ1) is 6.22. The number of nitrogens with two attached hydrogens (primary N) is 1. The van der Waals surface area contributed by atoms with Crippen LogP contribution < -0.4 is 5.73 Å². The Kier molecular flexibility index (Phi) is 4.62. The van der Waals surface area contributed by atoms with Crippen LogP contribution in [0.1, 0.15) is 13.3 Å². The highest BCUT2D eigenvalue weighted by Gasteiger charge is 2.15. The largest absolute Gasteiger partial charge is 0.392 e. The normalized spacial score (nSPS) is 20.4. The van der Waals surface area contributed by atoms with Crippen LogP contribution in [0.5, 0.6) is 0 Å². The summed E-state index contributed by atoms with van der Waals surface area (Å²) in [4.78, 5) is 5.44. The second kappa shape index (κ2) is 5.52. The molecule has 1 aliphatic rings. The highest BCUT2D eigenvalue weighted by molar-refractivity contribution is 7.80. The molecule has 0 saturated carbocycles. The van der Waals surface area contributed by atoms with Crippen LogP contribution in [0.3, 0.4) is 0 Å². The molecule has 0 atom stereocenters. The van der Waals surface area contributed by atoms with E-state index in [4.69, 9.17) is 18.0 Å². The highest BCUT2D eigenvalue weighted by Crippen LogP contribution is 2.01. The summed E-state index contributed by atoms with van der Waals surface area (Å²) >= 11 is 4.88. The van der Waals surface area contributed by atoms with Crippen molar-refractivity contribution in [3.05, 3.63) is 0 Å². The van der Waals surface area contributed by atoms with E-state index in [-0.39, 0.29) is 0 Å². The van der Waals surface area contributed by atoms with E-state index in [0.29, 0.717) is 4.99 Å². The predicted octanol–water partition coefficient (Wildman–Crippen LogP) is 0.300. The molecule has 76 valence electrons. The van der Waals surface area contributed by atoms with Crippen LogP contribution >= 0.6 is 12.2 Å². The van der Waals surface area contributed by atoms with Crippen LogP contribution in [0, 0.1) is 0 Å². The van der Waals surface area contributed by atoms with E-state index in [2.05, 4.69) is 16.7 Å². The zero-order valence-electron chi connectivity index (χ0n) is 8.33. The maximum atomic E-state index is 5.49. The maximum Gasteiger partial charge on any atom is 0.0870 e. The minimum atomic E-state index is 0.615. The Morgan fingerprint density at radius 1 is 1.23 bits per heavy atom. The second-order valence-corrected chi connectivity index (χ2v) is 4.11. The minimum absolute atomic E-state index is 0.615. The van der Waals surface area contributed by atoms with Crippen LogP contribution in [-0.4, -0.2) is 54.1 Å². The van der Waals surface area contributed by atoms with Crippen LogP contribution in [0.2, 0.25) is 0 Å². The monoisotopic (exact) mass is 201 g/mol. The quantitative estimate of drug-likeness (QED) is 0.663. The van der Waals surface area contributed by atoms with Crippen molar-refractivity contribution in [3.63, 3.8) is 0 Å². The van der Waals surface area contributed by atoms with Gasteiger partial charge in [-0.25, -0.2) is 0 Å². The molecule has 0 unspecified atom stereocenters. The van der Waals surface area contributed by atoms with Crippen molar-refractivity contribution in [1.29, 1.82) is 0 Å². The van der Waals surface area contributed by atoms with Gasteiger partial charge in [-0.1, -0.05) is 19.1 Å². The van der Waals surface area contributed by atoms with Crippen molar-refractivity contribution in [2.24, 2.45) is 5.73 Å². The van der Waals surface area contributed by atoms with Gasteiger partial charge in [0.25, 0.3) is 0 Å². The standard InChI is InChI=1S/C9H19N3S/c1-2-3-11-4-6-12(7-5-11)8-9(10)13/h2-8H2,1H3,(H2,10,13). The lowest BCUT2D eigenvalue weighted by atomic mass is 10.3. The van der Waals surface area contributed by atoms with Crippen molar-refractivity contribution < 1.29 is 0 Å². The number of rotatable bonds is 4. The van der Waals surface area contributed by atoms with Crippen LogP contribution in [0.25, 0.3) is 0 Å². The van der Waals surface area contributed by atoms with E-state index in [1.165, 1.54) is 13.0 Å². The zero-order valence-corrected chi connectivity index (χ0v) is 9.15. The molecule has 1 heterocycles. The number of hydrogen-bond acceptors (Lipinski definition) is 3. The Bertz CT molecular complexity index is 164. The molecule has 0 radical (unpaired) electrons. The number of piperazine rings is 1. The van der Waals surface area contributed by atoms with Gasteiger partial charge >= 0.3 is 0 Å². The first-order valence-corrected chi connectivity index (χ1v) is 5.36. The Morgan fingerprint density at radius 2 is 1.77 bits per heavy atom. The molecule has 0 amide bonds. The Labute approximate surface area is 85.9 Å². The molecular formula is C9H19N3S. The second-order valence-electron chi connectivity index (χ2n) is 3.58. The molecule has 4 heteroatoms. The lowest BCUT2D eigenvalue weighted by Crippen LogP contribution is -2.48. The van der Waals surface area contributed by atoms with Gasteiger partial charge in [0.1, 0.15) is 0 Å². The molecule has 0 aromatic heterocycles. The first kappa shape index (κ1) is 10.9. The summed E-state index contributed by atoms with van der Waals surface area (Å²) in [7, 11) is 0. The molecule has 2 N–H and O–H groups in total. The number of thiocarbonyl (C=S) groups is 1. The van der Waals surface area contributed by atoms with Gasteiger partial charge in [0.2, 0.25) is 0 Å². The van der Waals surface area contributed by atoms with Crippen molar-refractivity contribution in [2.75, 3.05) is 39.3 Å². The molecule has 1 saturated heterocycles. The summed E-state index contributed by atoms with van der Waals surface area (Å²) in [6.07, 6.45) is 1.25. The minimum Gasteiger partial charge on any atom is -0.392 e. The molecule has 0 spiro atoms. The Balaban J connectivity index is 2.18. The highest BCUT2D eigenvalue weighted by atomic mass is 32.1. The fraction of sp³-hybridized carbons (Fsp3) is 0.889. The fourth-order valence-electron chi connectivity index (χ4n) is 1.71. The van der Waals surface area contributed by atoms with Crippen LogP contribution in [0.4, 0.5) is 0 Å². The predicted molar refractivity (Wildman–Crippen MR) is 60.0 cm³/mol. The van der Waals surface area contributed by atoms with E-state index in [1.807, 2.05) is 0 Å². The zero-order chi connectivity index (χ0) is 9.68. The first-order valence-electron chi connectivity index (χ1n) is 4.95. The van der Waals surface area contributed by atoms with Crippen LogP contribution in [0.15, 0.2) is 0 Å². The van der Waals surface area contributed by atoms with Gasteiger partial charge in [0.15, 0.2) is 0 Å². The van der Waals surface area contributed by atoms with E-state index in [0.717, 1.165) is 32.7 Å². The number of nitrogens with zero attached hydrogens (tertiary/aromatic N) is 2. The summed E-state index contributed by atoms with van der Waals surface area (Å²) in [5.41, 5.74) is 5.49. The van der Waals surface area contributed by atoms with Gasteiger partial charge < -0.3 is 10.6 Å². The SMILES string of the molecule is CCCN1CCN(CC(N)=S)CC1. The van der Waals surface area contributed by atoms with Gasteiger partial charge in [0.05, 0.1) is 4.99 Å². The molecule has 1 aliphatic heterocycles. The maximum absolute atomic E-state index is 5.49. The smallest absolute Gasteiger partial charge is 0.0870 e. The fourth-order valence-corrected chi connectivity index (χ4v) is 1.89. The molecule has 0 bridgehead atoms. The molecule has 0 aromatic carbocycles. The topological polar surface area (TPSA) is 32.5 Å². The Morgan fingerprint density at radius 3 is 2.23 bits per heavy atom. The van der Waals surface area contributed by atoms with Crippen molar-refractivity contribution in [2.45, 2.75) is 13.3 Å². The molecule has 1 rings (SSSR count). The van der Waals surface area contributed by atoms with Gasteiger partial charge in [0, 0.05) is 32.7 Å². The van der Waals surface area contributed by atoms with Gasteiger partial charge in [-0.15, -0.1) is 0 Å². The van der Waals surface area contributed by atoms with Crippen molar-refractivity contribution in [1.82, 2.24) is 9.80 Å². The van der Waals surface area contributed by atoms with Gasteiger partial charge in [-0.2, -0.15) is 0 Å². The summed E-state index contributed by atoms with van der Waals surface area (Å²) in [5.74, 6) is 0. The summed E-state index contributed by atoms with van der Waals surface area (Å²) in [6.45, 7) is 8.78. The van der Waals surface area contributed by atoms with E-state index >= 15 is 0 Å². The molecule has 3 nitrogen and oxygen atoms in total. The summed E-state index contributed by atoms with van der Waals surface area (Å²) < 4.78 is 0. The molecule has 0 aromatic rings. The summed E-state index contributed by atoms with van der Waals surface area (Å²) in [5, 5.41) is 0. The molecule has 13 heavy (non-hydrogen) atoms. The molecule has 1 fully saturated rings. The van der Waals surface area contributed by atoms with E-state index < -0.39 is 0 Å². The lowest BCUT2D eigenvalue weighted by Gasteiger charge is -2.34. The van der Waals surface area contributed by atoms with E-state index in [9.17, 15) is 0 Å². The average molecular weight is 201 g/mol. The van der Waals surface area contributed by atoms with Crippen molar-refractivity contribution in [3.8, 4) is 0 Å². The Hall–Kier alpha value is -0.190. The average Bonchev–Trinajstić information content (AvgIpc) is 2.08. The number of hydrogen-bond donors (Lipinski definition) is 1. The summed E-state index contributed by atoms with van der Waals surface area (Å²) in [6, 6.07) is 0. The third-order valence-corrected chi connectivity index (χ3v) is 2.51. The molecular weight excluding hydrogens is 182 g/mol. The third kappa shape index (κ3) is 4.02. The van der Waals surface area contributed by atoms with Crippen LogP contribution in [-0.2, 0) is 0 Å². The molecule has 0 aliphatic carbocycles. The van der Waals surface area contributed by atoms with Gasteiger partial charge in [-0.3, -0.25) is 4.90 Å². The lowest BCUT2D eigenvalue weighted by molar-refractivity contribution is 0.146. The van der Waals surface area contributed by atoms with E-state index in [1.54, 1.807) is 0 Å². The van der Waals surface area contributed by atoms with Gasteiger partial charge in [-0.05, 0) is 13.0 Å². The van der Waals surface area contributed by atoms with Crippen molar-refractivity contribution >= 4 is 17.2 Å².